The van der Waals surface area contributed by atoms with E-state index in [1.807, 2.05) is 6.92 Å². The smallest absolute Gasteiger partial charge is 0.270 e. The standard InChI is InChI=1S/C17H11Cl2N3O3S/c1-9-15(13-6-5-11(18)8-14(13)19)20-17(26-9)21-16(23)10-3-2-4-12(7-10)22(24)25/h2-8H,1H3,(H,20,21,23). The highest BCUT2D eigenvalue weighted by Gasteiger charge is 2.16. The number of nitro groups is 1. The van der Waals surface area contributed by atoms with Crippen LogP contribution in [-0.4, -0.2) is 15.8 Å². The Kier molecular flexibility index (Phi) is 5.22. The van der Waals surface area contributed by atoms with Crippen LogP contribution in [0.25, 0.3) is 11.3 Å². The van der Waals surface area contributed by atoms with Gasteiger partial charge < -0.3 is 0 Å². The molecule has 1 amide bonds. The van der Waals surface area contributed by atoms with E-state index in [0.29, 0.717) is 26.4 Å². The monoisotopic (exact) mass is 407 g/mol. The first-order chi connectivity index (χ1) is 12.3. The molecule has 6 nitrogen and oxygen atoms in total. The first-order valence-electron chi connectivity index (χ1n) is 7.34. The summed E-state index contributed by atoms with van der Waals surface area (Å²) in [6.07, 6.45) is 0. The Morgan fingerprint density at radius 3 is 2.69 bits per heavy atom. The minimum atomic E-state index is -0.551. The molecule has 0 unspecified atom stereocenters. The summed E-state index contributed by atoms with van der Waals surface area (Å²) in [4.78, 5) is 27.9. The molecule has 1 heterocycles. The molecule has 1 N–H and O–H groups in total. The zero-order valence-electron chi connectivity index (χ0n) is 13.3. The molecule has 3 aromatic rings. The number of rotatable bonds is 4. The molecule has 0 aliphatic carbocycles. The molecule has 0 fully saturated rings. The number of thiazole rings is 1. The van der Waals surface area contributed by atoms with Crippen molar-refractivity contribution in [2.24, 2.45) is 0 Å². The summed E-state index contributed by atoms with van der Waals surface area (Å²) in [6, 6.07) is 10.6. The molecule has 0 saturated carbocycles. The number of carbonyl (C=O) groups is 1. The Bertz CT molecular complexity index is 1020. The van der Waals surface area contributed by atoms with Crippen LogP contribution in [0, 0.1) is 17.0 Å². The highest BCUT2D eigenvalue weighted by molar-refractivity contribution is 7.16. The van der Waals surface area contributed by atoms with Gasteiger partial charge in [0.1, 0.15) is 0 Å². The number of hydrogen-bond acceptors (Lipinski definition) is 5. The number of amides is 1. The molecule has 0 bridgehead atoms. The average molecular weight is 408 g/mol. The van der Waals surface area contributed by atoms with E-state index in [1.54, 1.807) is 18.2 Å². The lowest BCUT2D eigenvalue weighted by molar-refractivity contribution is -0.384. The van der Waals surface area contributed by atoms with E-state index in [1.165, 1.54) is 35.6 Å². The molecule has 0 spiro atoms. The summed E-state index contributed by atoms with van der Waals surface area (Å²) in [5, 5.41) is 14.9. The van der Waals surface area contributed by atoms with Crippen molar-refractivity contribution in [1.82, 2.24) is 4.98 Å². The predicted molar refractivity (Wildman–Crippen MR) is 103 cm³/mol. The van der Waals surface area contributed by atoms with Crippen molar-refractivity contribution in [2.75, 3.05) is 5.32 Å². The first kappa shape index (κ1) is 18.3. The summed E-state index contributed by atoms with van der Waals surface area (Å²) in [6.45, 7) is 1.86. The molecule has 0 aliphatic rings. The first-order valence-corrected chi connectivity index (χ1v) is 8.91. The van der Waals surface area contributed by atoms with E-state index in [-0.39, 0.29) is 11.3 Å². The molecule has 2 aromatic carbocycles. The van der Waals surface area contributed by atoms with Crippen molar-refractivity contribution >= 4 is 51.3 Å². The second-order valence-electron chi connectivity index (χ2n) is 5.31. The minimum absolute atomic E-state index is 0.151. The summed E-state index contributed by atoms with van der Waals surface area (Å²) in [5.41, 5.74) is 1.38. The van der Waals surface area contributed by atoms with Crippen molar-refractivity contribution in [3.63, 3.8) is 0 Å². The predicted octanol–water partition coefficient (Wildman–Crippen LogP) is 5.59. The van der Waals surface area contributed by atoms with Gasteiger partial charge in [0, 0.05) is 33.2 Å². The molecule has 26 heavy (non-hydrogen) atoms. The zero-order valence-corrected chi connectivity index (χ0v) is 15.7. The van der Waals surface area contributed by atoms with Gasteiger partial charge in [0.25, 0.3) is 11.6 Å². The van der Waals surface area contributed by atoms with Gasteiger partial charge in [-0.1, -0.05) is 29.3 Å². The molecule has 0 radical (unpaired) electrons. The molecular weight excluding hydrogens is 397 g/mol. The Balaban J connectivity index is 1.86. The van der Waals surface area contributed by atoms with Gasteiger partial charge in [0.15, 0.2) is 5.13 Å². The Morgan fingerprint density at radius 1 is 1.23 bits per heavy atom. The zero-order chi connectivity index (χ0) is 18.8. The second kappa shape index (κ2) is 7.41. The largest absolute Gasteiger partial charge is 0.298 e. The van der Waals surface area contributed by atoms with Gasteiger partial charge in [-0.25, -0.2) is 4.98 Å². The van der Waals surface area contributed by atoms with E-state index in [9.17, 15) is 14.9 Å². The SMILES string of the molecule is Cc1sc(NC(=O)c2cccc([N+](=O)[O-])c2)nc1-c1ccc(Cl)cc1Cl. The molecule has 9 heteroatoms. The fraction of sp³-hybridized carbons (Fsp3) is 0.0588. The van der Waals surface area contributed by atoms with Crippen LogP contribution in [0.5, 0.6) is 0 Å². The summed E-state index contributed by atoms with van der Waals surface area (Å²) >= 11 is 13.4. The minimum Gasteiger partial charge on any atom is -0.298 e. The second-order valence-corrected chi connectivity index (χ2v) is 7.36. The van der Waals surface area contributed by atoms with Crippen LogP contribution in [0.3, 0.4) is 0 Å². The number of carbonyl (C=O) groups excluding carboxylic acids is 1. The van der Waals surface area contributed by atoms with Crippen LogP contribution >= 0.6 is 34.5 Å². The summed E-state index contributed by atoms with van der Waals surface area (Å²) in [7, 11) is 0. The Morgan fingerprint density at radius 2 is 2.00 bits per heavy atom. The van der Waals surface area contributed by atoms with Crippen molar-refractivity contribution in [3.8, 4) is 11.3 Å². The molecular formula is C17H11Cl2N3O3S. The van der Waals surface area contributed by atoms with Crippen LogP contribution in [0.15, 0.2) is 42.5 Å². The van der Waals surface area contributed by atoms with Gasteiger partial charge in [0.2, 0.25) is 0 Å². The maximum absolute atomic E-state index is 12.3. The van der Waals surface area contributed by atoms with E-state index in [2.05, 4.69) is 10.3 Å². The lowest BCUT2D eigenvalue weighted by Gasteiger charge is -2.03. The average Bonchev–Trinajstić information content (AvgIpc) is 2.95. The van der Waals surface area contributed by atoms with Crippen molar-refractivity contribution in [1.29, 1.82) is 0 Å². The van der Waals surface area contributed by atoms with Gasteiger partial charge in [-0.2, -0.15) is 0 Å². The third-order valence-corrected chi connectivity index (χ3v) is 4.96. The fourth-order valence-corrected chi connectivity index (χ4v) is 3.63. The molecule has 1 aromatic heterocycles. The van der Waals surface area contributed by atoms with Gasteiger partial charge in [-0.15, -0.1) is 11.3 Å². The maximum Gasteiger partial charge on any atom is 0.270 e. The van der Waals surface area contributed by atoms with Crippen LogP contribution < -0.4 is 5.32 Å². The van der Waals surface area contributed by atoms with E-state index < -0.39 is 10.8 Å². The number of halogens is 2. The van der Waals surface area contributed by atoms with Crippen LogP contribution in [0.4, 0.5) is 10.8 Å². The number of hydrogen-bond donors (Lipinski definition) is 1. The van der Waals surface area contributed by atoms with Gasteiger partial charge in [-0.3, -0.25) is 20.2 Å². The summed E-state index contributed by atoms with van der Waals surface area (Å²) in [5.74, 6) is -0.476. The number of aryl methyl sites for hydroxylation is 1. The molecule has 0 saturated heterocycles. The van der Waals surface area contributed by atoms with Crippen LogP contribution in [0.2, 0.25) is 10.0 Å². The fourth-order valence-electron chi connectivity index (χ4n) is 2.31. The van der Waals surface area contributed by atoms with Gasteiger partial charge in [-0.05, 0) is 31.2 Å². The number of aromatic nitrogens is 1. The highest BCUT2D eigenvalue weighted by Crippen LogP contribution is 2.35. The van der Waals surface area contributed by atoms with Crippen molar-refractivity contribution < 1.29 is 9.72 Å². The van der Waals surface area contributed by atoms with Gasteiger partial charge >= 0.3 is 0 Å². The molecule has 132 valence electrons. The van der Waals surface area contributed by atoms with E-state index >= 15 is 0 Å². The summed E-state index contributed by atoms with van der Waals surface area (Å²) < 4.78 is 0. The number of non-ortho nitro benzene ring substituents is 1. The lowest BCUT2D eigenvalue weighted by Crippen LogP contribution is -2.11. The highest BCUT2D eigenvalue weighted by atomic mass is 35.5. The molecule has 0 atom stereocenters. The number of nitrogens with one attached hydrogen (secondary N) is 1. The quantitative estimate of drug-likeness (QED) is 0.451. The molecule has 0 aliphatic heterocycles. The number of benzene rings is 2. The third kappa shape index (κ3) is 3.85. The van der Waals surface area contributed by atoms with Gasteiger partial charge in [0.05, 0.1) is 15.6 Å². The Hall–Kier alpha value is -2.48. The Labute approximate surface area is 162 Å². The number of nitro benzene ring substituents is 1. The number of anilines is 1. The normalized spacial score (nSPS) is 10.6. The van der Waals surface area contributed by atoms with Crippen molar-refractivity contribution in [3.05, 3.63) is 73.1 Å². The lowest BCUT2D eigenvalue weighted by atomic mass is 10.1. The molecule has 3 rings (SSSR count). The van der Waals surface area contributed by atoms with Crippen molar-refractivity contribution in [2.45, 2.75) is 6.92 Å². The van der Waals surface area contributed by atoms with Crippen LogP contribution in [0.1, 0.15) is 15.2 Å². The van der Waals surface area contributed by atoms with E-state index in [4.69, 9.17) is 23.2 Å². The topological polar surface area (TPSA) is 85.1 Å². The number of nitrogens with zero attached hydrogens (tertiary/aromatic N) is 2. The van der Waals surface area contributed by atoms with E-state index in [0.717, 1.165) is 4.88 Å². The van der Waals surface area contributed by atoms with Crippen LogP contribution in [-0.2, 0) is 0 Å². The maximum atomic E-state index is 12.3. The third-order valence-electron chi connectivity index (χ3n) is 3.52.